The van der Waals surface area contributed by atoms with Crippen molar-refractivity contribution in [2.45, 2.75) is 26.9 Å². The van der Waals surface area contributed by atoms with Gasteiger partial charge in [0.15, 0.2) is 5.65 Å². The molecular weight excluding hydrogens is 454 g/mol. The summed E-state index contributed by atoms with van der Waals surface area (Å²) < 4.78 is 8.12. The Morgan fingerprint density at radius 3 is 2.44 bits per heavy atom. The topological polar surface area (TPSA) is 84.6 Å². The second-order valence-corrected chi connectivity index (χ2v) is 9.54. The van der Waals surface area contributed by atoms with E-state index in [0.717, 1.165) is 21.0 Å². The second-order valence-electron chi connectivity index (χ2n) is 9.14. The Morgan fingerprint density at radius 2 is 1.76 bits per heavy atom. The van der Waals surface area contributed by atoms with E-state index in [1.165, 1.54) is 7.05 Å². The van der Waals surface area contributed by atoms with Gasteiger partial charge in [0.25, 0.3) is 5.56 Å². The Kier molecular flexibility index (Phi) is 5.24. The Balaban J connectivity index is 1.86. The van der Waals surface area contributed by atoms with E-state index in [1.807, 2.05) is 33.0 Å². The molecule has 176 valence electrons. The fourth-order valence-corrected chi connectivity index (χ4v) is 4.85. The van der Waals surface area contributed by atoms with Gasteiger partial charge in [-0.1, -0.05) is 43.6 Å². The second kappa shape index (κ2) is 8.02. The summed E-state index contributed by atoms with van der Waals surface area (Å²) >= 11 is 6.55. The normalized spacial score (nSPS) is 12.0. The van der Waals surface area contributed by atoms with Crippen LogP contribution in [0.25, 0.3) is 33.3 Å². The molecule has 5 rings (SSSR count). The van der Waals surface area contributed by atoms with Crippen LogP contribution in [0.15, 0.2) is 46.2 Å². The smallest absolute Gasteiger partial charge is 0.332 e. The number of nitrogens with zero attached hydrogens (tertiary/aromatic N) is 7. The summed E-state index contributed by atoms with van der Waals surface area (Å²) in [6.45, 7) is 4.86. The average molecular weight is 480 g/mol. The molecule has 0 saturated carbocycles. The third-order valence-corrected chi connectivity index (χ3v) is 6.36. The molecular formula is C24H26ClN7O2. The van der Waals surface area contributed by atoms with Gasteiger partial charge in [-0.15, -0.1) is 0 Å². The van der Waals surface area contributed by atoms with E-state index in [-0.39, 0.29) is 11.6 Å². The average Bonchev–Trinajstić information content (AvgIpc) is 3.43. The Bertz CT molecular complexity index is 1680. The molecule has 0 N–H and O–H groups in total. The first kappa shape index (κ1) is 22.2. The Hall–Kier alpha value is -3.59. The first-order valence-electron chi connectivity index (χ1n) is 11.1. The molecule has 0 spiro atoms. The fraction of sp³-hybridized carbons (Fsp3) is 0.333. The zero-order chi connectivity index (χ0) is 24.3. The molecule has 9 nitrogen and oxygen atoms in total. The predicted octanol–water partition coefficient (Wildman–Crippen LogP) is 3.15. The maximum absolute atomic E-state index is 13.4. The quantitative estimate of drug-likeness (QED) is 0.387. The molecule has 0 atom stereocenters. The highest BCUT2D eigenvalue weighted by Gasteiger charge is 2.26. The van der Waals surface area contributed by atoms with Crippen molar-refractivity contribution in [3.63, 3.8) is 0 Å². The summed E-state index contributed by atoms with van der Waals surface area (Å²) in [5, 5.41) is 11.2. The highest BCUT2D eigenvalue weighted by Crippen LogP contribution is 2.32. The monoisotopic (exact) mass is 479 g/mol. The van der Waals surface area contributed by atoms with Gasteiger partial charge < -0.3 is 4.57 Å². The molecule has 0 aliphatic heterocycles. The summed E-state index contributed by atoms with van der Waals surface area (Å²) in [5.74, 6) is 0.184. The highest BCUT2D eigenvalue weighted by atomic mass is 35.5. The van der Waals surface area contributed by atoms with E-state index in [1.54, 1.807) is 27.2 Å². The summed E-state index contributed by atoms with van der Waals surface area (Å²) in [4.78, 5) is 26.4. The molecule has 0 amide bonds. The molecule has 10 heteroatoms. The van der Waals surface area contributed by atoms with Gasteiger partial charge >= 0.3 is 5.69 Å². The molecule has 5 aromatic rings. The lowest BCUT2D eigenvalue weighted by Crippen LogP contribution is -2.38. The minimum Gasteiger partial charge on any atom is -0.350 e. The number of fused-ring (bicyclic) bond motifs is 2. The van der Waals surface area contributed by atoms with Crippen molar-refractivity contribution < 1.29 is 0 Å². The zero-order valence-electron chi connectivity index (χ0n) is 19.8. The maximum Gasteiger partial charge on any atom is 0.332 e. The largest absolute Gasteiger partial charge is 0.350 e. The lowest BCUT2D eigenvalue weighted by atomic mass is 10.1. The molecule has 0 unspecified atom stereocenters. The zero-order valence-corrected chi connectivity index (χ0v) is 20.5. The number of rotatable bonds is 5. The third-order valence-electron chi connectivity index (χ3n) is 6.08. The van der Waals surface area contributed by atoms with Gasteiger partial charge in [-0.05, 0) is 17.5 Å². The Morgan fingerprint density at radius 1 is 1.03 bits per heavy atom. The van der Waals surface area contributed by atoms with Gasteiger partial charge in [-0.2, -0.15) is 10.2 Å². The van der Waals surface area contributed by atoms with E-state index in [4.69, 9.17) is 16.7 Å². The van der Waals surface area contributed by atoms with Crippen molar-refractivity contribution >= 4 is 33.5 Å². The lowest BCUT2D eigenvalue weighted by Gasteiger charge is -2.10. The Labute approximate surface area is 200 Å². The first-order chi connectivity index (χ1) is 16.2. The number of para-hydroxylation sites is 1. The molecule has 4 aromatic heterocycles. The SMILES string of the molecule is CC(C)Cn1c(=O)n(C)c(=O)c2c(-c3nn(C)cc3Cl)n(Cc3cn(C)c4ccccc34)nc21. The van der Waals surface area contributed by atoms with Gasteiger partial charge in [-0.25, -0.2) is 4.79 Å². The van der Waals surface area contributed by atoms with Crippen LogP contribution in [0.2, 0.25) is 5.02 Å². The van der Waals surface area contributed by atoms with Crippen LogP contribution >= 0.6 is 11.6 Å². The van der Waals surface area contributed by atoms with E-state index >= 15 is 0 Å². The van der Waals surface area contributed by atoms with Crippen LogP contribution in [-0.2, 0) is 34.2 Å². The van der Waals surface area contributed by atoms with E-state index in [2.05, 4.69) is 28.0 Å². The molecule has 34 heavy (non-hydrogen) atoms. The number of aryl methyl sites for hydroxylation is 2. The van der Waals surface area contributed by atoms with Gasteiger partial charge in [0.1, 0.15) is 16.8 Å². The number of halogens is 1. The summed E-state index contributed by atoms with van der Waals surface area (Å²) in [7, 11) is 5.26. The van der Waals surface area contributed by atoms with Crippen LogP contribution < -0.4 is 11.2 Å². The van der Waals surface area contributed by atoms with Crippen LogP contribution in [-0.4, -0.2) is 33.3 Å². The van der Waals surface area contributed by atoms with E-state index < -0.39 is 5.56 Å². The molecule has 0 bridgehead atoms. The fourth-order valence-electron chi connectivity index (χ4n) is 4.58. The number of hydrogen-bond donors (Lipinski definition) is 0. The summed E-state index contributed by atoms with van der Waals surface area (Å²) in [6, 6.07) is 8.12. The van der Waals surface area contributed by atoms with Gasteiger partial charge in [0.05, 0.1) is 11.6 Å². The number of aromatic nitrogens is 7. The lowest BCUT2D eigenvalue weighted by molar-refractivity contribution is 0.498. The number of hydrogen-bond acceptors (Lipinski definition) is 4. The van der Waals surface area contributed by atoms with Crippen LogP contribution in [0.5, 0.6) is 0 Å². The van der Waals surface area contributed by atoms with Gasteiger partial charge in [0.2, 0.25) is 0 Å². The van der Waals surface area contributed by atoms with Gasteiger partial charge in [-0.3, -0.25) is 23.3 Å². The van der Waals surface area contributed by atoms with Crippen LogP contribution in [0.3, 0.4) is 0 Å². The van der Waals surface area contributed by atoms with Crippen LogP contribution in [0.1, 0.15) is 19.4 Å². The molecule has 4 heterocycles. The molecule has 0 aliphatic rings. The molecule has 0 aliphatic carbocycles. The summed E-state index contributed by atoms with van der Waals surface area (Å²) in [5.41, 5.74) is 2.64. The molecule has 1 aromatic carbocycles. The van der Waals surface area contributed by atoms with E-state index in [0.29, 0.717) is 40.5 Å². The number of benzene rings is 1. The molecule has 0 saturated heterocycles. The highest BCUT2D eigenvalue weighted by molar-refractivity contribution is 6.33. The predicted molar refractivity (Wildman–Crippen MR) is 133 cm³/mol. The molecule has 0 radical (unpaired) electrons. The minimum absolute atomic E-state index is 0.184. The van der Waals surface area contributed by atoms with Crippen molar-refractivity contribution in [3.8, 4) is 11.4 Å². The van der Waals surface area contributed by atoms with Crippen molar-refractivity contribution in [1.82, 2.24) is 33.3 Å². The van der Waals surface area contributed by atoms with Crippen LogP contribution in [0, 0.1) is 5.92 Å². The third kappa shape index (κ3) is 3.38. The van der Waals surface area contributed by atoms with Crippen molar-refractivity contribution in [1.29, 1.82) is 0 Å². The maximum atomic E-state index is 13.4. The summed E-state index contributed by atoms with van der Waals surface area (Å²) in [6.07, 6.45) is 3.74. The first-order valence-corrected chi connectivity index (χ1v) is 11.5. The van der Waals surface area contributed by atoms with E-state index in [9.17, 15) is 9.59 Å². The standard InChI is InChI=1S/C24H26ClN7O2/c1-14(2)10-31-22-19(23(33)30(5)24(31)34)21(20-17(25)13-29(4)26-20)32(27-22)12-15-11-28(3)18-9-7-6-8-16(15)18/h6-9,11,13-14H,10,12H2,1-5H3. The van der Waals surface area contributed by atoms with Crippen molar-refractivity contribution in [3.05, 3.63) is 68.1 Å². The van der Waals surface area contributed by atoms with Gasteiger partial charge in [0, 0.05) is 51.0 Å². The molecule has 0 fully saturated rings. The van der Waals surface area contributed by atoms with Crippen LogP contribution in [0.4, 0.5) is 0 Å². The van der Waals surface area contributed by atoms with Crippen molar-refractivity contribution in [2.75, 3.05) is 0 Å². The van der Waals surface area contributed by atoms with Crippen molar-refractivity contribution in [2.24, 2.45) is 27.1 Å². The minimum atomic E-state index is -0.416.